The third-order valence-corrected chi connectivity index (χ3v) is 3.89. The van der Waals surface area contributed by atoms with Gasteiger partial charge >= 0.3 is 0 Å². The van der Waals surface area contributed by atoms with Crippen molar-refractivity contribution < 1.29 is 14.7 Å². The van der Waals surface area contributed by atoms with Gasteiger partial charge in [-0.05, 0) is 52.7 Å². The van der Waals surface area contributed by atoms with Gasteiger partial charge in [0.05, 0.1) is 6.54 Å². The highest BCUT2D eigenvalue weighted by atomic mass is 32.1. The molecule has 0 radical (unpaired) electrons. The highest BCUT2D eigenvalue weighted by Crippen LogP contribution is 2.12. The van der Waals surface area contributed by atoms with E-state index in [1.807, 2.05) is 22.3 Å². The molecule has 0 bridgehead atoms. The Labute approximate surface area is 143 Å². The molecule has 0 fully saturated rings. The monoisotopic (exact) mass is 348 g/mol. The zero-order chi connectivity index (χ0) is 16.5. The normalized spacial score (nSPS) is 10.5. The SMILES string of the molecule is O=C(C=Cc1ccsc1)NCCOc1ccc(C(=S)NO)cc1. The summed E-state index contributed by atoms with van der Waals surface area (Å²) in [7, 11) is 0. The number of benzene rings is 1. The predicted molar refractivity (Wildman–Crippen MR) is 94.9 cm³/mol. The Morgan fingerprint density at radius 3 is 2.74 bits per heavy atom. The Kier molecular flexibility index (Phi) is 6.74. The highest BCUT2D eigenvalue weighted by Gasteiger charge is 2.00. The number of amides is 1. The Hall–Kier alpha value is -2.22. The molecule has 0 aliphatic carbocycles. The number of hydroxylamine groups is 1. The maximum absolute atomic E-state index is 11.6. The van der Waals surface area contributed by atoms with Gasteiger partial charge in [-0.2, -0.15) is 11.3 Å². The molecule has 23 heavy (non-hydrogen) atoms. The summed E-state index contributed by atoms with van der Waals surface area (Å²) < 4.78 is 5.51. The summed E-state index contributed by atoms with van der Waals surface area (Å²) in [5.74, 6) is 0.507. The third-order valence-electron chi connectivity index (χ3n) is 2.86. The summed E-state index contributed by atoms with van der Waals surface area (Å²) >= 11 is 6.48. The van der Waals surface area contributed by atoms with Gasteiger partial charge in [0.25, 0.3) is 0 Å². The van der Waals surface area contributed by atoms with Gasteiger partial charge in [0.2, 0.25) is 5.91 Å². The van der Waals surface area contributed by atoms with E-state index in [-0.39, 0.29) is 10.9 Å². The number of carbonyl (C=O) groups excluding carboxylic acids is 1. The molecule has 1 amide bonds. The van der Waals surface area contributed by atoms with Crippen molar-refractivity contribution in [3.05, 3.63) is 58.3 Å². The Morgan fingerprint density at radius 2 is 2.09 bits per heavy atom. The topological polar surface area (TPSA) is 70.6 Å². The highest BCUT2D eigenvalue weighted by molar-refractivity contribution is 7.80. The van der Waals surface area contributed by atoms with Crippen molar-refractivity contribution >= 4 is 40.5 Å². The van der Waals surface area contributed by atoms with Gasteiger partial charge in [0.1, 0.15) is 17.3 Å². The van der Waals surface area contributed by atoms with E-state index in [0.29, 0.717) is 24.5 Å². The lowest BCUT2D eigenvalue weighted by Crippen LogP contribution is -2.26. The van der Waals surface area contributed by atoms with Crippen LogP contribution in [-0.2, 0) is 4.79 Å². The van der Waals surface area contributed by atoms with E-state index >= 15 is 0 Å². The van der Waals surface area contributed by atoms with E-state index < -0.39 is 0 Å². The molecule has 2 rings (SSSR count). The molecule has 1 heterocycles. The molecule has 2 aromatic rings. The number of hydrogen-bond acceptors (Lipinski definition) is 5. The summed E-state index contributed by atoms with van der Waals surface area (Å²) in [6.07, 6.45) is 3.27. The van der Waals surface area contributed by atoms with Crippen LogP contribution in [0, 0.1) is 0 Å². The first-order valence-electron chi connectivity index (χ1n) is 6.84. The molecule has 0 saturated carbocycles. The van der Waals surface area contributed by atoms with Crippen LogP contribution in [0.2, 0.25) is 0 Å². The Balaban J connectivity index is 1.68. The van der Waals surface area contributed by atoms with E-state index in [2.05, 4.69) is 5.32 Å². The first-order chi connectivity index (χ1) is 11.2. The van der Waals surface area contributed by atoms with Gasteiger partial charge in [-0.1, -0.05) is 12.2 Å². The number of ether oxygens (including phenoxy) is 1. The quantitative estimate of drug-likeness (QED) is 0.311. The zero-order valence-corrected chi connectivity index (χ0v) is 13.8. The average molecular weight is 348 g/mol. The predicted octanol–water partition coefficient (Wildman–Crippen LogP) is 2.61. The second-order valence-electron chi connectivity index (χ2n) is 4.49. The van der Waals surface area contributed by atoms with Crippen LogP contribution >= 0.6 is 23.6 Å². The fourth-order valence-corrected chi connectivity index (χ4v) is 2.48. The maximum atomic E-state index is 11.6. The van der Waals surface area contributed by atoms with E-state index in [9.17, 15) is 4.79 Å². The molecule has 0 aliphatic heterocycles. The van der Waals surface area contributed by atoms with E-state index in [1.54, 1.807) is 41.7 Å². The van der Waals surface area contributed by atoms with Gasteiger partial charge in [-0.25, -0.2) is 0 Å². The van der Waals surface area contributed by atoms with Crippen LogP contribution in [0.1, 0.15) is 11.1 Å². The van der Waals surface area contributed by atoms with Crippen molar-refractivity contribution in [3.63, 3.8) is 0 Å². The number of carbonyl (C=O) groups is 1. The summed E-state index contributed by atoms with van der Waals surface area (Å²) in [5.41, 5.74) is 3.63. The standard InChI is InChI=1S/C16H16N2O3S2/c19-15(6-1-12-7-10-23-11-12)17-8-9-21-14-4-2-13(3-5-14)16(22)18-20/h1-7,10-11,20H,8-9H2,(H,17,19)(H,18,22). The van der Waals surface area contributed by atoms with Crippen LogP contribution in [0.5, 0.6) is 5.75 Å². The number of rotatable bonds is 7. The molecule has 5 nitrogen and oxygen atoms in total. The lowest BCUT2D eigenvalue weighted by molar-refractivity contribution is -0.116. The molecule has 0 atom stereocenters. The molecule has 120 valence electrons. The lowest BCUT2D eigenvalue weighted by atomic mass is 10.2. The van der Waals surface area contributed by atoms with Crippen molar-refractivity contribution in [2.24, 2.45) is 0 Å². The molecule has 1 aromatic carbocycles. The zero-order valence-electron chi connectivity index (χ0n) is 12.2. The molecule has 0 unspecified atom stereocenters. The molecule has 0 aliphatic rings. The molecular weight excluding hydrogens is 332 g/mol. The second kappa shape index (κ2) is 9.04. The smallest absolute Gasteiger partial charge is 0.244 e. The van der Waals surface area contributed by atoms with Gasteiger partial charge in [0.15, 0.2) is 0 Å². The van der Waals surface area contributed by atoms with Gasteiger partial charge < -0.3 is 10.1 Å². The van der Waals surface area contributed by atoms with Gasteiger partial charge in [-0.15, -0.1) is 0 Å². The summed E-state index contributed by atoms with van der Waals surface area (Å²) in [6, 6.07) is 8.92. The molecule has 7 heteroatoms. The Morgan fingerprint density at radius 1 is 1.30 bits per heavy atom. The lowest BCUT2D eigenvalue weighted by Gasteiger charge is -2.08. The van der Waals surface area contributed by atoms with Crippen LogP contribution < -0.4 is 15.5 Å². The van der Waals surface area contributed by atoms with Gasteiger partial charge in [-0.3, -0.25) is 15.5 Å². The molecule has 3 N–H and O–H groups in total. The number of thiocarbonyl (C=S) groups is 1. The number of hydrogen-bond donors (Lipinski definition) is 3. The van der Waals surface area contributed by atoms with Crippen molar-refractivity contribution in [1.29, 1.82) is 0 Å². The third kappa shape index (κ3) is 5.82. The van der Waals surface area contributed by atoms with Crippen LogP contribution in [0.25, 0.3) is 6.08 Å². The summed E-state index contributed by atoms with van der Waals surface area (Å²) in [6.45, 7) is 0.769. The first kappa shape index (κ1) is 17.1. The van der Waals surface area contributed by atoms with Crippen molar-refractivity contribution in [2.75, 3.05) is 13.2 Å². The first-order valence-corrected chi connectivity index (χ1v) is 8.19. The minimum atomic E-state index is -0.158. The fraction of sp³-hybridized carbons (Fsp3) is 0.125. The summed E-state index contributed by atoms with van der Waals surface area (Å²) in [5, 5.41) is 15.4. The van der Waals surface area contributed by atoms with Crippen molar-refractivity contribution in [1.82, 2.24) is 10.8 Å². The number of thiophene rings is 1. The largest absolute Gasteiger partial charge is 0.492 e. The fourth-order valence-electron chi connectivity index (χ4n) is 1.71. The van der Waals surface area contributed by atoms with E-state index in [4.69, 9.17) is 22.2 Å². The van der Waals surface area contributed by atoms with E-state index in [1.165, 1.54) is 6.08 Å². The average Bonchev–Trinajstić information content (AvgIpc) is 3.10. The van der Waals surface area contributed by atoms with Gasteiger partial charge in [0, 0.05) is 11.6 Å². The number of nitrogens with one attached hydrogen (secondary N) is 2. The van der Waals surface area contributed by atoms with Crippen LogP contribution in [0.3, 0.4) is 0 Å². The van der Waals surface area contributed by atoms with E-state index in [0.717, 1.165) is 5.56 Å². The molecule has 1 aromatic heterocycles. The second-order valence-corrected chi connectivity index (χ2v) is 5.68. The molecule has 0 spiro atoms. The maximum Gasteiger partial charge on any atom is 0.244 e. The molecule has 0 saturated heterocycles. The summed E-state index contributed by atoms with van der Waals surface area (Å²) in [4.78, 5) is 11.9. The van der Waals surface area contributed by atoms with Crippen molar-refractivity contribution in [3.8, 4) is 5.75 Å². The minimum absolute atomic E-state index is 0.158. The van der Waals surface area contributed by atoms with Crippen LogP contribution in [0.15, 0.2) is 47.2 Å². The van der Waals surface area contributed by atoms with Crippen LogP contribution in [0.4, 0.5) is 0 Å². The minimum Gasteiger partial charge on any atom is -0.492 e. The van der Waals surface area contributed by atoms with Crippen molar-refractivity contribution in [2.45, 2.75) is 0 Å². The molecular formula is C16H16N2O3S2. The Bertz CT molecular complexity index is 667. The van der Waals surface area contributed by atoms with Crippen LogP contribution in [-0.4, -0.2) is 29.3 Å².